The van der Waals surface area contributed by atoms with Gasteiger partial charge in [-0.15, -0.1) is 0 Å². The zero-order valence-corrected chi connectivity index (χ0v) is 41.5. The van der Waals surface area contributed by atoms with Crippen molar-refractivity contribution in [2.24, 2.45) is 5.73 Å². The molecule has 4 heterocycles. The number of amides is 7. The average molecular weight is 1010 g/mol. The highest BCUT2D eigenvalue weighted by Gasteiger charge is 2.47. The number of carbonyl (C=O) groups is 8. The predicted octanol–water partition coefficient (Wildman–Crippen LogP) is 3.62. The number of nitrogens with one attached hydrogen (secondary N) is 4. The van der Waals surface area contributed by atoms with Crippen LogP contribution in [0.15, 0.2) is 53.3 Å². The van der Waals surface area contributed by atoms with Crippen LogP contribution < -0.4 is 37.3 Å². The number of rotatable bonds is 20. The Bertz CT molecular complexity index is 2920. The number of carbonyl (C=O) groups excluding carboxylic acids is 8. The first kappa shape index (κ1) is 52.9. The second-order valence-corrected chi connectivity index (χ2v) is 18.7. The molecule has 1 fully saturated rings. The van der Waals surface area contributed by atoms with Crippen molar-refractivity contribution < 1.29 is 57.7 Å². The number of ether oxygens (including phenoxy) is 3. The van der Waals surface area contributed by atoms with Crippen LogP contribution in [0, 0.1) is 0 Å². The van der Waals surface area contributed by atoms with Crippen molar-refractivity contribution in [3.63, 3.8) is 0 Å². The van der Waals surface area contributed by atoms with Crippen molar-refractivity contribution in [1.82, 2.24) is 35.3 Å². The van der Waals surface area contributed by atoms with Gasteiger partial charge in [0.05, 0.1) is 29.0 Å². The molecule has 7 amide bonds. The number of hydrogen-bond donors (Lipinski definition) is 6. The molecule has 2 atom stereocenters. The molecule has 0 unspecified atom stereocenters. The number of aromatic nitrogens is 2. The molecule has 73 heavy (non-hydrogen) atoms. The number of aliphatic hydroxyl groups is 1. The summed E-state index contributed by atoms with van der Waals surface area (Å²) < 4.78 is 18.0. The Labute approximate surface area is 420 Å². The molecule has 3 aliphatic rings. The van der Waals surface area contributed by atoms with E-state index in [0.717, 1.165) is 16.5 Å². The summed E-state index contributed by atoms with van der Waals surface area (Å²) in [5, 5.41) is 22.7. The van der Waals surface area contributed by atoms with E-state index in [1.165, 1.54) is 30.8 Å². The quantitative estimate of drug-likeness (QED) is 0.0480. The lowest BCUT2D eigenvalue weighted by atomic mass is 9.75. The first-order valence-corrected chi connectivity index (χ1v) is 24.3. The van der Waals surface area contributed by atoms with Crippen LogP contribution in [0.4, 0.5) is 20.1 Å². The van der Waals surface area contributed by atoms with Gasteiger partial charge in [0.25, 0.3) is 5.56 Å². The molecule has 388 valence electrons. The number of pyridine rings is 2. The van der Waals surface area contributed by atoms with Crippen LogP contribution in [0.1, 0.15) is 100.0 Å². The normalized spacial score (nSPS) is 16.3. The molecule has 2 aromatic heterocycles. The molecule has 0 bridgehead atoms. The Morgan fingerprint density at radius 2 is 1.66 bits per heavy atom. The summed E-state index contributed by atoms with van der Waals surface area (Å²) in [6.07, 6.45) is 1.11. The Hall–Kier alpha value is -7.88. The van der Waals surface area contributed by atoms with E-state index < -0.39 is 59.1 Å². The summed E-state index contributed by atoms with van der Waals surface area (Å²) >= 11 is 0. The Morgan fingerprint density at radius 1 is 0.945 bits per heavy atom. The summed E-state index contributed by atoms with van der Waals surface area (Å²) in [5.41, 5.74) is 6.48. The minimum atomic E-state index is -1.95. The van der Waals surface area contributed by atoms with Gasteiger partial charge in [-0.3, -0.25) is 19.2 Å². The summed E-state index contributed by atoms with van der Waals surface area (Å²) in [6, 6.07) is 11.4. The molecule has 7 rings (SSSR count). The number of primary amides is 1. The maximum absolute atomic E-state index is 13.7. The van der Waals surface area contributed by atoms with Crippen LogP contribution in [-0.4, -0.2) is 117 Å². The van der Waals surface area contributed by atoms with Gasteiger partial charge in [0.1, 0.15) is 36.3 Å². The van der Waals surface area contributed by atoms with Crippen molar-refractivity contribution in [2.75, 3.05) is 39.0 Å². The number of fused-ring (bicyclic) bond motifs is 5. The Morgan fingerprint density at radius 3 is 2.30 bits per heavy atom. The van der Waals surface area contributed by atoms with E-state index in [1.54, 1.807) is 60.0 Å². The highest BCUT2D eigenvalue weighted by molar-refractivity contribution is 6.00. The number of ketones is 1. The lowest BCUT2D eigenvalue weighted by Crippen LogP contribution is -2.65. The highest BCUT2D eigenvalue weighted by Crippen LogP contribution is 2.41. The number of nitrogens with two attached hydrogens (primary N) is 1. The molecule has 0 spiro atoms. The van der Waals surface area contributed by atoms with Crippen LogP contribution in [0.2, 0.25) is 0 Å². The first-order valence-electron chi connectivity index (χ1n) is 24.3. The molecule has 0 radical (unpaired) electrons. The number of aryl methyl sites for hydroxylation is 1. The fourth-order valence-corrected chi connectivity index (χ4v) is 9.08. The van der Waals surface area contributed by atoms with Gasteiger partial charge in [-0.2, -0.15) is 0 Å². The summed E-state index contributed by atoms with van der Waals surface area (Å²) in [5.74, 6) is -2.20. The molecule has 2 aromatic carbocycles. The molecule has 4 aromatic rings. The first-order chi connectivity index (χ1) is 34.8. The highest BCUT2D eigenvalue weighted by atomic mass is 16.6. The van der Waals surface area contributed by atoms with E-state index in [9.17, 15) is 48.3 Å². The lowest BCUT2D eigenvalue weighted by molar-refractivity contribution is -0.172. The molecule has 1 aliphatic carbocycles. The molecular formula is C51H61N9O13. The van der Waals surface area contributed by atoms with E-state index in [0.29, 0.717) is 60.3 Å². The zero-order valence-electron chi connectivity index (χ0n) is 41.5. The minimum Gasteiger partial charge on any atom is -0.458 e. The number of Topliss-reactive ketones (excluding diaryl/α,β-unsaturated/α-hetero) is 1. The largest absolute Gasteiger partial charge is 0.458 e. The molecular weight excluding hydrogens is 947 g/mol. The smallest absolute Gasteiger partial charge is 0.415 e. The number of benzene rings is 2. The minimum absolute atomic E-state index is 0.0287. The molecule has 22 nitrogen and oxygen atoms in total. The van der Waals surface area contributed by atoms with Crippen molar-refractivity contribution >= 4 is 64.3 Å². The fourth-order valence-electron chi connectivity index (χ4n) is 9.08. The van der Waals surface area contributed by atoms with Gasteiger partial charge in [-0.1, -0.05) is 26.0 Å². The number of anilines is 1. The number of hydrogen-bond acceptors (Lipinski definition) is 14. The van der Waals surface area contributed by atoms with Gasteiger partial charge in [-0.25, -0.2) is 24.2 Å². The van der Waals surface area contributed by atoms with E-state index in [1.807, 2.05) is 6.92 Å². The van der Waals surface area contributed by atoms with E-state index in [2.05, 4.69) is 21.3 Å². The number of urea groups is 1. The molecule has 2 aliphatic heterocycles. The van der Waals surface area contributed by atoms with Gasteiger partial charge in [0.2, 0.25) is 17.7 Å². The molecule has 22 heteroatoms. The van der Waals surface area contributed by atoms with E-state index in [-0.39, 0.29) is 93.3 Å². The van der Waals surface area contributed by atoms with Crippen molar-refractivity contribution in [2.45, 2.75) is 115 Å². The van der Waals surface area contributed by atoms with Crippen LogP contribution in [0.25, 0.3) is 22.3 Å². The summed E-state index contributed by atoms with van der Waals surface area (Å²) in [6.45, 7) is 5.24. The molecule has 0 saturated heterocycles. The van der Waals surface area contributed by atoms with Crippen molar-refractivity contribution in [3.8, 4) is 17.1 Å². The number of cyclic esters (lactones) is 1. The zero-order chi connectivity index (χ0) is 52.8. The second-order valence-electron chi connectivity index (χ2n) is 18.7. The van der Waals surface area contributed by atoms with Gasteiger partial charge in [0.15, 0.2) is 5.60 Å². The van der Waals surface area contributed by atoms with Gasteiger partial charge in [0, 0.05) is 68.8 Å². The van der Waals surface area contributed by atoms with Crippen molar-refractivity contribution in [3.05, 3.63) is 86.7 Å². The van der Waals surface area contributed by atoms with E-state index >= 15 is 0 Å². The van der Waals surface area contributed by atoms with Gasteiger partial charge in [-0.05, 0) is 99.4 Å². The third kappa shape index (κ3) is 11.6. The number of esters is 1. The second kappa shape index (κ2) is 22.3. The molecule has 7 N–H and O–H groups in total. The standard InChI is InChI=1S/C51H61N9O13/c1-6-33-34-24-32(16-17-38(34)55-42-35(33)26-60-40(42)25-37-36(44(60)64)28-71-46(66)51(37,70)7-2)73-49(69)59(5)23-22-58(4)48(68)72-27-30-12-14-31(15-13-30)54-43(63)39(10-8-21-53-47(52)67)56-45(65)50(19-9-20-50)57-41(62)18-11-29(3)61/h12-17,24-25,39,70H,6-11,18-23,26-28H2,1-5H3,(H,54,63)(H,56,65)(H,57,62)(H3,52,53,67)/t39-,51-/m0/s1. The summed E-state index contributed by atoms with van der Waals surface area (Å²) in [7, 11) is 3.05. The SMILES string of the molecule is CCc1c2c(nc3ccc(OC(=O)N(C)CCN(C)C(=O)OCc4ccc(NC(=O)[C@H](CCCNC(N)=O)NC(=O)C5(NC(=O)CCC(C)=O)CCC5)cc4)cc13)-c1cc3c(c(=O)n1C2)COC(=O)[C@]3(O)CC. The van der Waals surface area contributed by atoms with Gasteiger partial charge >= 0.3 is 24.2 Å². The summed E-state index contributed by atoms with van der Waals surface area (Å²) in [4.78, 5) is 122. The fraction of sp³-hybridized carbons (Fsp3) is 0.451. The monoisotopic (exact) mass is 1010 g/mol. The van der Waals surface area contributed by atoms with Crippen LogP contribution >= 0.6 is 0 Å². The van der Waals surface area contributed by atoms with Crippen molar-refractivity contribution in [1.29, 1.82) is 0 Å². The Kier molecular flexibility index (Phi) is 16.1. The van der Waals surface area contributed by atoms with Gasteiger partial charge < -0.3 is 65.5 Å². The number of nitrogens with zero attached hydrogens (tertiary/aromatic N) is 4. The Balaban J connectivity index is 0.903. The maximum Gasteiger partial charge on any atom is 0.415 e. The third-order valence-electron chi connectivity index (χ3n) is 13.6. The van der Waals surface area contributed by atoms with Crippen LogP contribution in [0.5, 0.6) is 5.75 Å². The number of likely N-dealkylation sites (N-methyl/N-ethyl adjacent to an activating group) is 2. The predicted molar refractivity (Wildman–Crippen MR) is 264 cm³/mol. The molecule has 1 saturated carbocycles. The topological polar surface area (TPSA) is 300 Å². The third-order valence-corrected chi connectivity index (χ3v) is 13.6. The van der Waals surface area contributed by atoms with Crippen LogP contribution in [0.3, 0.4) is 0 Å². The van der Waals surface area contributed by atoms with E-state index in [4.69, 9.17) is 24.9 Å². The maximum atomic E-state index is 13.7. The average Bonchev–Trinajstić information content (AvgIpc) is 3.72. The van der Waals surface area contributed by atoms with Crippen LogP contribution in [-0.2, 0) is 65.2 Å². The lowest BCUT2D eigenvalue weighted by Gasteiger charge is -2.41.